The van der Waals surface area contributed by atoms with E-state index >= 15 is 0 Å². The van der Waals surface area contributed by atoms with E-state index < -0.39 is 0 Å². The quantitative estimate of drug-likeness (QED) is 0.801. The molecule has 0 unspecified atom stereocenters. The highest BCUT2D eigenvalue weighted by Crippen LogP contribution is 2.14. The van der Waals surface area contributed by atoms with E-state index in [9.17, 15) is 4.79 Å². The van der Waals surface area contributed by atoms with Crippen molar-refractivity contribution >= 4 is 12.4 Å². The fraction of sp³-hybridized carbons (Fsp3) is 0.250. The van der Waals surface area contributed by atoms with Gasteiger partial charge in [-0.3, -0.25) is 14.6 Å². The van der Waals surface area contributed by atoms with Crippen molar-refractivity contribution in [3.05, 3.63) is 51.9 Å². The number of fused-ring (bicyclic) bond motifs is 1. The van der Waals surface area contributed by atoms with Crippen LogP contribution in [-0.4, -0.2) is 16.3 Å². The van der Waals surface area contributed by atoms with Gasteiger partial charge in [0.25, 0.3) is 5.56 Å². The lowest BCUT2D eigenvalue weighted by Crippen LogP contribution is -2.26. The maximum atomic E-state index is 11.7. The number of aromatic nitrogens is 2. The number of H-pyrrole nitrogens is 1. The van der Waals surface area contributed by atoms with Crippen molar-refractivity contribution in [3.8, 4) is 5.69 Å². The molecule has 1 aliphatic rings. The van der Waals surface area contributed by atoms with Crippen LogP contribution in [0.5, 0.6) is 0 Å². The fourth-order valence-corrected chi connectivity index (χ4v) is 2.17. The summed E-state index contributed by atoms with van der Waals surface area (Å²) in [5.41, 5.74) is 3.01. The average molecular weight is 252 g/mol. The number of nitrogens with one attached hydrogen (secondary N) is 2. The highest BCUT2D eigenvalue weighted by molar-refractivity contribution is 5.85. The second kappa shape index (κ2) is 4.77. The highest BCUT2D eigenvalue weighted by Gasteiger charge is 2.18. The Morgan fingerprint density at radius 1 is 1.18 bits per heavy atom. The molecule has 1 aromatic heterocycles. The lowest BCUT2D eigenvalue weighted by molar-refractivity contribution is 0.622. The minimum absolute atomic E-state index is 0. The predicted octanol–water partition coefficient (Wildman–Crippen LogP) is 1.23. The molecule has 90 valence electrons. The zero-order chi connectivity index (χ0) is 11.0. The van der Waals surface area contributed by atoms with Gasteiger partial charge in [-0.2, -0.15) is 0 Å². The molecule has 4 nitrogen and oxygen atoms in total. The summed E-state index contributed by atoms with van der Waals surface area (Å²) in [6.07, 6.45) is 0.892. The molecule has 0 bridgehead atoms. The minimum Gasteiger partial charge on any atom is -0.312 e. The average Bonchev–Trinajstić information content (AvgIpc) is 2.69. The van der Waals surface area contributed by atoms with Crippen molar-refractivity contribution in [1.29, 1.82) is 0 Å². The summed E-state index contributed by atoms with van der Waals surface area (Å²) in [5.74, 6) is 0. The van der Waals surface area contributed by atoms with E-state index in [0.717, 1.165) is 29.9 Å². The van der Waals surface area contributed by atoms with Gasteiger partial charge in [-0.05, 0) is 12.1 Å². The van der Waals surface area contributed by atoms with Crippen molar-refractivity contribution in [3.63, 3.8) is 0 Å². The molecule has 0 radical (unpaired) electrons. The Hall–Kier alpha value is -1.52. The van der Waals surface area contributed by atoms with Gasteiger partial charge in [0.1, 0.15) is 0 Å². The van der Waals surface area contributed by atoms with Crippen molar-refractivity contribution in [2.24, 2.45) is 0 Å². The molecule has 0 saturated heterocycles. The molecule has 0 atom stereocenters. The van der Waals surface area contributed by atoms with E-state index in [2.05, 4.69) is 10.4 Å². The molecule has 0 spiro atoms. The lowest BCUT2D eigenvalue weighted by atomic mass is 10.1. The smallest absolute Gasteiger partial charge is 0.269 e. The first-order valence-corrected chi connectivity index (χ1v) is 5.45. The van der Waals surface area contributed by atoms with Gasteiger partial charge in [-0.25, -0.2) is 0 Å². The summed E-state index contributed by atoms with van der Waals surface area (Å²) >= 11 is 0. The summed E-state index contributed by atoms with van der Waals surface area (Å²) in [4.78, 5) is 11.7. The Kier molecular flexibility index (Phi) is 3.36. The molecule has 0 saturated carbocycles. The van der Waals surface area contributed by atoms with Crippen molar-refractivity contribution in [2.45, 2.75) is 13.0 Å². The fourth-order valence-electron chi connectivity index (χ4n) is 2.17. The van der Waals surface area contributed by atoms with Gasteiger partial charge >= 0.3 is 0 Å². The zero-order valence-electron chi connectivity index (χ0n) is 9.27. The SMILES string of the molecule is Cl.O=c1[nH]n(-c2ccccc2)c2c1CNCC2. The van der Waals surface area contributed by atoms with Crippen LogP contribution < -0.4 is 10.9 Å². The van der Waals surface area contributed by atoms with E-state index in [0.29, 0.717) is 6.54 Å². The number of hydrogen-bond acceptors (Lipinski definition) is 2. The first kappa shape index (κ1) is 12.0. The van der Waals surface area contributed by atoms with Crippen molar-refractivity contribution in [2.75, 3.05) is 6.54 Å². The third kappa shape index (κ3) is 2.01. The van der Waals surface area contributed by atoms with E-state index in [-0.39, 0.29) is 18.0 Å². The molecule has 0 fully saturated rings. The molecule has 1 aromatic carbocycles. The van der Waals surface area contributed by atoms with Crippen LogP contribution in [-0.2, 0) is 13.0 Å². The summed E-state index contributed by atoms with van der Waals surface area (Å²) in [6.45, 7) is 1.60. The van der Waals surface area contributed by atoms with Gasteiger partial charge < -0.3 is 5.32 Å². The van der Waals surface area contributed by atoms with Crippen molar-refractivity contribution in [1.82, 2.24) is 15.1 Å². The number of hydrogen-bond donors (Lipinski definition) is 2. The number of nitrogens with zero attached hydrogens (tertiary/aromatic N) is 1. The maximum absolute atomic E-state index is 11.7. The largest absolute Gasteiger partial charge is 0.312 e. The van der Waals surface area contributed by atoms with Gasteiger partial charge in [0.2, 0.25) is 0 Å². The third-order valence-electron chi connectivity index (χ3n) is 2.96. The van der Waals surface area contributed by atoms with E-state index in [1.807, 2.05) is 35.0 Å². The van der Waals surface area contributed by atoms with E-state index in [4.69, 9.17) is 0 Å². The second-order valence-corrected chi connectivity index (χ2v) is 3.96. The molecule has 0 amide bonds. The maximum Gasteiger partial charge on any atom is 0.269 e. The summed E-state index contributed by atoms with van der Waals surface area (Å²) in [7, 11) is 0. The Morgan fingerprint density at radius 3 is 2.71 bits per heavy atom. The molecule has 2 aromatic rings. The Bertz CT molecular complexity index is 559. The number of para-hydroxylation sites is 1. The normalized spacial score (nSPS) is 13.9. The number of benzene rings is 1. The molecule has 3 rings (SSSR count). The molecule has 1 aliphatic heterocycles. The lowest BCUT2D eigenvalue weighted by Gasteiger charge is -2.14. The van der Waals surface area contributed by atoms with Crippen LogP contribution in [0.15, 0.2) is 35.1 Å². The van der Waals surface area contributed by atoms with Crippen LogP contribution >= 0.6 is 12.4 Å². The molecule has 5 heteroatoms. The molecule has 17 heavy (non-hydrogen) atoms. The highest BCUT2D eigenvalue weighted by atomic mass is 35.5. The Morgan fingerprint density at radius 2 is 1.94 bits per heavy atom. The monoisotopic (exact) mass is 251 g/mol. The number of halogens is 1. The van der Waals surface area contributed by atoms with E-state index in [1.54, 1.807) is 0 Å². The Labute approximate surface area is 105 Å². The van der Waals surface area contributed by atoms with Gasteiger partial charge in [0.15, 0.2) is 0 Å². The van der Waals surface area contributed by atoms with Crippen LogP contribution in [0.1, 0.15) is 11.3 Å². The third-order valence-corrected chi connectivity index (χ3v) is 2.96. The van der Waals surface area contributed by atoms with Gasteiger partial charge in [-0.1, -0.05) is 18.2 Å². The van der Waals surface area contributed by atoms with Crippen LogP contribution in [0.3, 0.4) is 0 Å². The molecular weight excluding hydrogens is 238 g/mol. The van der Waals surface area contributed by atoms with Crippen LogP contribution in [0, 0.1) is 0 Å². The molecule has 2 heterocycles. The molecule has 2 N–H and O–H groups in total. The zero-order valence-corrected chi connectivity index (χ0v) is 10.1. The summed E-state index contributed by atoms with van der Waals surface area (Å²) in [5, 5.41) is 6.11. The van der Waals surface area contributed by atoms with Crippen molar-refractivity contribution < 1.29 is 0 Å². The van der Waals surface area contributed by atoms with E-state index in [1.165, 1.54) is 0 Å². The standard InChI is InChI=1S/C12H13N3O.ClH/c16-12-10-8-13-7-6-11(10)15(14-12)9-4-2-1-3-5-9;/h1-5,13H,6-8H2,(H,14,16);1H. The summed E-state index contributed by atoms with van der Waals surface area (Å²) in [6, 6.07) is 9.91. The predicted molar refractivity (Wildman–Crippen MR) is 69.0 cm³/mol. The van der Waals surface area contributed by atoms with Crippen LogP contribution in [0.4, 0.5) is 0 Å². The first-order chi connectivity index (χ1) is 7.86. The van der Waals surface area contributed by atoms with Gasteiger partial charge in [0, 0.05) is 19.5 Å². The van der Waals surface area contributed by atoms with Gasteiger partial charge in [-0.15, -0.1) is 12.4 Å². The molecule has 0 aliphatic carbocycles. The second-order valence-electron chi connectivity index (χ2n) is 3.96. The molecular formula is C12H14ClN3O. The van der Waals surface area contributed by atoms with Gasteiger partial charge in [0.05, 0.1) is 16.9 Å². The Balaban J connectivity index is 0.00000108. The number of aromatic amines is 1. The minimum atomic E-state index is 0. The summed E-state index contributed by atoms with van der Waals surface area (Å²) < 4.78 is 1.90. The topological polar surface area (TPSA) is 49.8 Å². The van der Waals surface area contributed by atoms with Crippen LogP contribution in [0.25, 0.3) is 5.69 Å². The number of rotatable bonds is 1. The first-order valence-electron chi connectivity index (χ1n) is 5.45. The van der Waals surface area contributed by atoms with Crippen LogP contribution in [0.2, 0.25) is 0 Å².